The molecule has 0 spiro atoms. The van der Waals surface area contributed by atoms with Crippen LogP contribution in [0.3, 0.4) is 0 Å². The van der Waals surface area contributed by atoms with Gasteiger partial charge in [-0.15, -0.1) is 0 Å². The first-order valence-electron chi connectivity index (χ1n) is 9.19. The zero-order chi connectivity index (χ0) is 20.0. The van der Waals surface area contributed by atoms with Gasteiger partial charge in [-0.3, -0.25) is 13.9 Å². The number of benzene rings is 1. The van der Waals surface area contributed by atoms with Crippen LogP contribution in [-0.4, -0.2) is 41.5 Å². The third-order valence-electron chi connectivity index (χ3n) is 4.44. The maximum atomic E-state index is 13.1. The smallest absolute Gasteiger partial charge is 0.328 e. The lowest BCUT2D eigenvalue weighted by Crippen LogP contribution is -2.50. The largest absolute Gasteiger partial charge is 0.467 e. The second kappa shape index (κ2) is 8.97. The number of rotatable bonds is 8. The molecular formula is C20H28FN3O3. The van der Waals surface area contributed by atoms with Gasteiger partial charge in [-0.1, -0.05) is 39.0 Å². The van der Waals surface area contributed by atoms with Crippen molar-refractivity contribution in [1.29, 1.82) is 0 Å². The highest BCUT2D eigenvalue weighted by Gasteiger charge is 2.35. The highest BCUT2D eigenvalue weighted by atomic mass is 19.1. The molecule has 1 amide bonds. The zero-order valence-electron chi connectivity index (χ0n) is 16.4. The van der Waals surface area contributed by atoms with Crippen LogP contribution in [0.15, 0.2) is 24.3 Å². The number of fused-ring (bicyclic) bond motifs is 1. The summed E-state index contributed by atoms with van der Waals surface area (Å²) in [6.07, 6.45) is 1.94. The monoisotopic (exact) mass is 377 g/mol. The lowest BCUT2D eigenvalue weighted by Gasteiger charge is -2.29. The Balaban J connectivity index is 2.33. The van der Waals surface area contributed by atoms with Crippen molar-refractivity contribution in [2.24, 2.45) is 5.41 Å². The van der Waals surface area contributed by atoms with Crippen LogP contribution >= 0.6 is 0 Å². The number of nitrogens with one attached hydrogen (secondary N) is 1. The SMILES string of the molecule is COC(=O)C(NC(=O)c1c2ccccc2nn1CCCCCF)C(C)(C)C. The molecule has 1 atom stereocenters. The molecule has 0 saturated carbocycles. The van der Waals surface area contributed by atoms with Crippen LogP contribution in [0.2, 0.25) is 0 Å². The number of aromatic nitrogens is 2. The molecule has 6 nitrogen and oxygen atoms in total. The summed E-state index contributed by atoms with van der Waals surface area (Å²) in [6, 6.07) is 6.58. The van der Waals surface area contributed by atoms with Crippen LogP contribution in [0, 0.1) is 5.41 Å². The van der Waals surface area contributed by atoms with Crippen LogP contribution in [0.1, 0.15) is 50.5 Å². The van der Waals surface area contributed by atoms with E-state index in [1.807, 2.05) is 45.0 Å². The number of carbonyl (C=O) groups is 2. The van der Waals surface area contributed by atoms with E-state index in [0.29, 0.717) is 24.2 Å². The first kappa shape index (κ1) is 20.9. The predicted octanol–water partition coefficient (Wildman–Crippen LogP) is 3.49. The number of esters is 1. The van der Waals surface area contributed by atoms with E-state index in [1.165, 1.54) is 7.11 Å². The maximum Gasteiger partial charge on any atom is 0.328 e. The second-order valence-electron chi connectivity index (χ2n) is 7.63. The van der Waals surface area contributed by atoms with E-state index in [1.54, 1.807) is 4.68 Å². The number of alkyl halides is 1. The van der Waals surface area contributed by atoms with Crippen molar-refractivity contribution in [3.05, 3.63) is 30.0 Å². The summed E-state index contributed by atoms with van der Waals surface area (Å²) in [6.45, 7) is 5.75. The molecule has 0 aliphatic carbocycles. The lowest BCUT2D eigenvalue weighted by molar-refractivity contribution is -0.145. The average molecular weight is 377 g/mol. The van der Waals surface area contributed by atoms with Gasteiger partial charge < -0.3 is 10.1 Å². The van der Waals surface area contributed by atoms with Gasteiger partial charge in [0.25, 0.3) is 5.91 Å². The molecule has 27 heavy (non-hydrogen) atoms. The van der Waals surface area contributed by atoms with Crippen molar-refractivity contribution in [3.8, 4) is 0 Å². The molecule has 1 N–H and O–H groups in total. The fourth-order valence-electron chi connectivity index (χ4n) is 2.96. The van der Waals surface area contributed by atoms with E-state index in [2.05, 4.69) is 10.4 Å². The van der Waals surface area contributed by atoms with Crippen LogP contribution in [0.4, 0.5) is 4.39 Å². The van der Waals surface area contributed by atoms with Gasteiger partial charge in [-0.05, 0) is 30.7 Å². The number of methoxy groups -OCH3 is 1. The number of hydrogen-bond acceptors (Lipinski definition) is 4. The minimum atomic E-state index is -0.788. The van der Waals surface area contributed by atoms with E-state index in [4.69, 9.17) is 4.74 Å². The summed E-state index contributed by atoms with van der Waals surface area (Å²) in [5, 5.41) is 8.04. The van der Waals surface area contributed by atoms with Crippen LogP contribution in [-0.2, 0) is 16.1 Å². The standard InChI is InChI=1S/C20H28FN3O3/c1-20(2,3)17(19(26)27-4)22-18(25)16-14-10-6-7-11-15(14)23-24(16)13-9-5-8-12-21/h6-7,10-11,17H,5,8-9,12-13H2,1-4H3,(H,22,25). The fourth-order valence-corrected chi connectivity index (χ4v) is 2.96. The fraction of sp³-hybridized carbons (Fsp3) is 0.550. The maximum absolute atomic E-state index is 13.1. The van der Waals surface area contributed by atoms with Gasteiger partial charge in [0, 0.05) is 11.9 Å². The third-order valence-corrected chi connectivity index (χ3v) is 4.44. The molecule has 0 radical (unpaired) electrons. The minimum absolute atomic E-state index is 0.346. The number of nitrogens with zero attached hydrogens (tertiary/aromatic N) is 2. The number of aryl methyl sites for hydroxylation is 1. The van der Waals surface area contributed by atoms with E-state index < -0.39 is 17.4 Å². The summed E-state index contributed by atoms with van der Waals surface area (Å²) < 4.78 is 18.8. The number of amides is 1. The van der Waals surface area contributed by atoms with Gasteiger partial charge in [-0.25, -0.2) is 4.79 Å². The molecule has 148 valence electrons. The van der Waals surface area contributed by atoms with Crippen LogP contribution in [0.25, 0.3) is 10.9 Å². The highest BCUT2D eigenvalue weighted by molar-refractivity contribution is 6.06. The van der Waals surface area contributed by atoms with Gasteiger partial charge in [0.2, 0.25) is 0 Å². The summed E-state index contributed by atoms with van der Waals surface area (Å²) >= 11 is 0. The topological polar surface area (TPSA) is 73.2 Å². The molecular weight excluding hydrogens is 349 g/mol. The molecule has 2 rings (SSSR count). The minimum Gasteiger partial charge on any atom is -0.467 e. The first-order valence-corrected chi connectivity index (χ1v) is 9.19. The molecule has 0 aliphatic rings. The molecule has 1 heterocycles. The van der Waals surface area contributed by atoms with E-state index in [9.17, 15) is 14.0 Å². The quantitative estimate of drug-likeness (QED) is 0.564. The normalized spacial score (nSPS) is 12.8. The molecule has 0 fully saturated rings. The molecule has 0 bridgehead atoms. The van der Waals surface area contributed by atoms with Crippen molar-refractivity contribution >= 4 is 22.8 Å². The molecule has 1 aromatic heterocycles. The molecule has 7 heteroatoms. The summed E-state index contributed by atoms with van der Waals surface area (Å²) in [5.41, 5.74) is 0.604. The van der Waals surface area contributed by atoms with Crippen LogP contribution < -0.4 is 5.32 Å². The van der Waals surface area contributed by atoms with Crippen molar-refractivity contribution < 1.29 is 18.7 Å². The third kappa shape index (κ3) is 5.05. The Bertz CT molecular complexity index is 795. The first-order chi connectivity index (χ1) is 12.8. The summed E-state index contributed by atoms with van der Waals surface area (Å²) in [5.74, 6) is -0.867. The van der Waals surface area contributed by atoms with E-state index in [0.717, 1.165) is 18.2 Å². The second-order valence-corrected chi connectivity index (χ2v) is 7.63. The summed E-state index contributed by atoms with van der Waals surface area (Å²) in [7, 11) is 1.30. The van der Waals surface area contributed by atoms with E-state index in [-0.39, 0.29) is 12.6 Å². The average Bonchev–Trinajstić information content (AvgIpc) is 3.00. The molecule has 0 saturated heterocycles. The number of hydrogen-bond donors (Lipinski definition) is 1. The van der Waals surface area contributed by atoms with Crippen molar-refractivity contribution in [3.63, 3.8) is 0 Å². The van der Waals surface area contributed by atoms with Crippen molar-refractivity contribution in [1.82, 2.24) is 15.1 Å². The van der Waals surface area contributed by atoms with Crippen molar-refractivity contribution in [2.45, 2.75) is 52.6 Å². The number of unbranched alkanes of at least 4 members (excludes halogenated alkanes) is 2. The van der Waals surface area contributed by atoms with Gasteiger partial charge >= 0.3 is 5.97 Å². The summed E-state index contributed by atoms with van der Waals surface area (Å²) in [4.78, 5) is 25.2. The molecule has 1 unspecified atom stereocenters. The van der Waals surface area contributed by atoms with E-state index >= 15 is 0 Å². The van der Waals surface area contributed by atoms with Gasteiger partial charge in [0.15, 0.2) is 0 Å². The number of halogens is 1. The Morgan fingerprint density at radius 3 is 2.56 bits per heavy atom. The lowest BCUT2D eigenvalue weighted by atomic mass is 9.86. The Kier molecular flexibility index (Phi) is 6.93. The van der Waals surface area contributed by atoms with Gasteiger partial charge in [-0.2, -0.15) is 5.10 Å². The van der Waals surface area contributed by atoms with Crippen molar-refractivity contribution in [2.75, 3.05) is 13.8 Å². The number of carbonyl (C=O) groups excluding carboxylic acids is 2. The number of ether oxygens (including phenoxy) is 1. The Morgan fingerprint density at radius 2 is 1.93 bits per heavy atom. The highest BCUT2D eigenvalue weighted by Crippen LogP contribution is 2.23. The Hall–Kier alpha value is -2.44. The van der Waals surface area contributed by atoms with Gasteiger partial charge in [0.05, 0.1) is 19.3 Å². The predicted molar refractivity (Wildman–Crippen MR) is 102 cm³/mol. The molecule has 0 aliphatic heterocycles. The Labute approximate surface area is 159 Å². The van der Waals surface area contributed by atoms with Crippen LogP contribution in [0.5, 0.6) is 0 Å². The molecule has 2 aromatic rings. The zero-order valence-corrected chi connectivity index (χ0v) is 16.4. The Morgan fingerprint density at radius 1 is 1.22 bits per heavy atom. The molecule has 1 aromatic carbocycles. The van der Waals surface area contributed by atoms with Gasteiger partial charge in [0.1, 0.15) is 11.7 Å².